The van der Waals surface area contributed by atoms with Crippen LogP contribution in [-0.4, -0.2) is 33.8 Å². The minimum absolute atomic E-state index is 0.104. The van der Waals surface area contributed by atoms with Crippen molar-refractivity contribution in [3.8, 4) is 5.75 Å². The second-order valence-electron chi connectivity index (χ2n) is 4.42. The summed E-state index contributed by atoms with van der Waals surface area (Å²) in [5, 5.41) is 9.36. The molecule has 1 aromatic rings. The number of phenols is 1. The monoisotopic (exact) mass is 262 g/mol. The molecule has 3 amide bonds. The Morgan fingerprint density at radius 1 is 1.32 bits per heavy atom. The van der Waals surface area contributed by atoms with E-state index in [0.717, 1.165) is 4.90 Å². The summed E-state index contributed by atoms with van der Waals surface area (Å²) in [6.07, 6.45) is 0.943. The molecule has 6 heteroatoms. The Morgan fingerprint density at radius 3 is 2.53 bits per heavy atom. The van der Waals surface area contributed by atoms with Crippen molar-refractivity contribution in [2.45, 2.75) is 25.8 Å². The Balaban J connectivity index is 2.44. The number of hydrogen-bond acceptors (Lipinski definition) is 4. The molecule has 0 bridgehead atoms. The summed E-state index contributed by atoms with van der Waals surface area (Å²) in [5.74, 6) is -1.95. The van der Waals surface area contributed by atoms with Crippen molar-refractivity contribution in [2.75, 3.05) is 0 Å². The quantitative estimate of drug-likeness (QED) is 0.777. The minimum atomic E-state index is -0.945. The highest BCUT2D eigenvalue weighted by molar-refractivity contribution is 6.23. The Morgan fingerprint density at radius 2 is 1.95 bits per heavy atom. The molecular formula is C13H14N2O4. The summed E-state index contributed by atoms with van der Waals surface area (Å²) in [4.78, 5) is 36.6. The van der Waals surface area contributed by atoms with Crippen molar-refractivity contribution in [1.29, 1.82) is 0 Å². The summed E-state index contributed by atoms with van der Waals surface area (Å²) in [7, 11) is 0. The van der Waals surface area contributed by atoms with Crippen molar-refractivity contribution in [3.63, 3.8) is 0 Å². The van der Waals surface area contributed by atoms with Crippen LogP contribution in [0.15, 0.2) is 18.2 Å². The van der Waals surface area contributed by atoms with Gasteiger partial charge in [-0.05, 0) is 24.6 Å². The van der Waals surface area contributed by atoms with Crippen LogP contribution in [0, 0.1) is 0 Å². The van der Waals surface area contributed by atoms with Crippen molar-refractivity contribution < 1.29 is 19.5 Å². The molecule has 0 saturated heterocycles. The zero-order valence-corrected chi connectivity index (χ0v) is 10.4. The number of phenolic OH excluding ortho intramolecular Hbond substituents is 1. The molecule has 0 saturated carbocycles. The summed E-state index contributed by atoms with van der Waals surface area (Å²) in [5.41, 5.74) is 5.55. The van der Waals surface area contributed by atoms with Gasteiger partial charge in [-0.2, -0.15) is 0 Å². The van der Waals surface area contributed by atoms with Gasteiger partial charge in [0.2, 0.25) is 5.91 Å². The van der Waals surface area contributed by atoms with E-state index in [0.29, 0.717) is 12.8 Å². The molecular weight excluding hydrogens is 248 g/mol. The fourth-order valence-electron chi connectivity index (χ4n) is 2.20. The number of primary amides is 1. The molecule has 0 spiro atoms. The second kappa shape index (κ2) is 4.72. The maximum absolute atomic E-state index is 12.2. The zero-order chi connectivity index (χ0) is 14.2. The lowest BCUT2D eigenvalue weighted by Crippen LogP contribution is -2.47. The molecule has 2 rings (SSSR count). The molecule has 19 heavy (non-hydrogen) atoms. The van der Waals surface area contributed by atoms with Crippen molar-refractivity contribution in [1.82, 2.24) is 4.90 Å². The molecule has 0 fully saturated rings. The number of aromatic hydroxyl groups is 1. The van der Waals surface area contributed by atoms with E-state index < -0.39 is 23.8 Å². The van der Waals surface area contributed by atoms with Crippen LogP contribution < -0.4 is 5.73 Å². The summed E-state index contributed by atoms with van der Waals surface area (Å²) in [6, 6.07) is 2.97. The normalized spacial score (nSPS) is 15.5. The molecule has 6 nitrogen and oxygen atoms in total. The van der Waals surface area contributed by atoms with Gasteiger partial charge in [0.1, 0.15) is 11.8 Å². The van der Waals surface area contributed by atoms with Crippen LogP contribution >= 0.6 is 0 Å². The van der Waals surface area contributed by atoms with Gasteiger partial charge in [-0.15, -0.1) is 0 Å². The maximum atomic E-state index is 12.2. The van der Waals surface area contributed by atoms with Gasteiger partial charge in [0, 0.05) is 0 Å². The molecule has 0 aromatic heterocycles. The van der Waals surface area contributed by atoms with Gasteiger partial charge in [-0.25, -0.2) is 0 Å². The maximum Gasteiger partial charge on any atom is 0.262 e. The lowest BCUT2D eigenvalue weighted by atomic mass is 10.1. The van der Waals surface area contributed by atoms with Gasteiger partial charge in [0.15, 0.2) is 0 Å². The average molecular weight is 262 g/mol. The highest BCUT2D eigenvalue weighted by atomic mass is 16.3. The van der Waals surface area contributed by atoms with E-state index in [4.69, 9.17) is 5.73 Å². The summed E-state index contributed by atoms with van der Waals surface area (Å²) < 4.78 is 0. The number of carbonyl (C=O) groups is 3. The molecule has 1 unspecified atom stereocenters. The lowest BCUT2D eigenvalue weighted by molar-refractivity contribution is -0.122. The van der Waals surface area contributed by atoms with Crippen LogP contribution in [0.2, 0.25) is 0 Å². The van der Waals surface area contributed by atoms with E-state index in [-0.39, 0.29) is 16.9 Å². The standard InChI is InChI=1S/C13H14N2O4/c1-2-3-10(11(14)17)15-12(18)8-5-4-7(16)6-9(8)13(15)19/h4-6,10,16H,2-3H2,1H3,(H2,14,17). The van der Waals surface area contributed by atoms with Crippen LogP contribution in [0.1, 0.15) is 40.5 Å². The molecule has 100 valence electrons. The van der Waals surface area contributed by atoms with Crippen molar-refractivity contribution in [2.24, 2.45) is 5.73 Å². The fourth-order valence-corrected chi connectivity index (χ4v) is 2.20. The second-order valence-corrected chi connectivity index (χ2v) is 4.42. The largest absolute Gasteiger partial charge is 0.508 e. The highest BCUT2D eigenvalue weighted by Gasteiger charge is 2.41. The third-order valence-corrected chi connectivity index (χ3v) is 3.10. The number of fused-ring (bicyclic) bond motifs is 1. The van der Waals surface area contributed by atoms with Gasteiger partial charge < -0.3 is 10.8 Å². The molecule has 1 aromatic carbocycles. The van der Waals surface area contributed by atoms with E-state index in [1.807, 2.05) is 6.92 Å². The molecule has 1 aliphatic rings. The first kappa shape index (κ1) is 13.1. The lowest BCUT2D eigenvalue weighted by Gasteiger charge is -2.22. The third-order valence-electron chi connectivity index (χ3n) is 3.10. The molecule has 3 N–H and O–H groups in total. The minimum Gasteiger partial charge on any atom is -0.508 e. The van der Waals surface area contributed by atoms with E-state index in [1.165, 1.54) is 18.2 Å². The topological polar surface area (TPSA) is 101 Å². The van der Waals surface area contributed by atoms with Crippen LogP contribution in [0.3, 0.4) is 0 Å². The average Bonchev–Trinajstić information content (AvgIpc) is 2.59. The Labute approximate surface area is 109 Å². The SMILES string of the molecule is CCCC(C(N)=O)N1C(=O)c2ccc(O)cc2C1=O. The highest BCUT2D eigenvalue weighted by Crippen LogP contribution is 2.28. The molecule has 1 heterocycles. The summed E-state index contributed by atoms with van der Waals surface area (Å²) >= 11 is 0. The van der Waals surface area contributed by atoms with E-state index >= 15 is 0 Å². The van der Waals surface area contributed by atoms with E-state index in [9.17, 15) is 19.5 Å². The van der Waals surface area contributed by atoms with Crippen molar-refractivity contribution in [3.05, 3.63) is 29.3 Å². The number of carbonyl (C=O) groups excluding carboxylic acids is 3. The van der Waals surface area contributed by atoms with Gasteiger partial charge >= 0.3 is 0 Å². The predicted octanol–water partition coefficient (Wildman–Crippen LogP) is 0.642. The van der Waals surface area contributed by atoms with Crippen LogP contribution in [0.25, 0.3) is 0 Å². The predicted molar refractivity (Wildman–Crippen MR) is 66.5 cm³/mol. The number of benzene rings is 1. The first-order valence-corrected chi connectivity index (χ1v) is 5.97. The number of imide groups is 1. The first-order valence-electron chi connectivity index (χ1n) is 5.97. The summed E-state index contributed by atoms with van der Waals surface area (Å²) in [6.45, 7) is 1.83. The van der Waals surface area contributed by atoms with E-state index in [2.05, 4.69) is 0 Å². The van der Waals surface area contributed by atoms with E-state index in [1.54, 1.807) is 0 Å². The van der Waals surface area contributed by atoms with Gasteiger partial charge in [0.05, 0.1) is 11.1 Å². The van der Waals surface area contributed by atoms with Crippen LogP contribution in [-0.2, 0) is 4.79 Å². The van der Waals surface area contributed by atoms with Gasteiger partial charge in [-0.1, -0.05) is 13.3 Å². The number of nitrogens with two attached hydrogens (primary N) is 1. The Bertz CT molecular complexity index is 568. The third kappa shape index (κ3) is 2.05. The number of amides is 3. The number of nitrogens with zero attached hydrogens (tertiary/aromatic N) is 1. The molecule has 1 aliphatic heterocycles. The molecule has 0 radical (unpaired) electrons. The first-order chi connectivity index (χ1) is 8.97. The Kier molecular flexibility index (Phi) is 3.25. The van der Waals surface area contributed by atoms with Crippen LogP contribution in [0.5, 0.6) is 5.75 Å². The Hall–Kier alpha value is -2.37. The van der Waals surface area contributed by atoms with Gasteiger partial charge in [-0.3, -0.25) is 19.3 Å². The number of rotatable bonds is 4. The van der Waals surface area contributed by atoms with Crippen molar-refractivity contribution >= 4 is 17.7 Å². The smallest absolute Gasteiger partial charge is 0.262 e. The molecule has 1 atom stereocenters. The number of hydrogen-bond donors (Lipinski definition) is 2. The molecule has 0 aliphatic carbocycles. The zero-order valence-electron chi connectivity index (χ0n) is 10.4. The van der Waals surface area contributed by atoms with Gasteiger partial charge in [0.25, 0.3) is 11.8 Å². The fraction of sp³-hybridized carbons (Fsp3) is 0.308. The van der Waals surface area contributed by atoms with Crippen LogP contribution in [0.4, 0.5) is 0 Å².